The molecule has 1 amide bonds. The topological polar surface area (TPSA) is 99.6 Å². The Hall–Kier alpha value is -2.45. The first-order valence-electron chi connectivity index (χ1n) is 10.6. The van der Waals surface area contributed by atoms with Crippen LogP contribution in [0.15, 0.2) is 36.5 Å². The van der Waals surface area contributed by atoms with Gasteiger partial charge in [-0.2, -0.15) is 17.4 Å². The minimum atomic E-state index is -4.40. The summed E-state index contributed by atoms with van der Waals surface area (Å²) in [6, 6.07) is 9.16. The minimum Gasteiger partial charge on any atom is -0.464 e. The number of nitrogens with zero attached hydrogens (tertiary/aromatic N) is 2. The van der Waals surface area contributed by atoms with E-state index in [9.17, 15) is 18.3 Å². The van der Waals surface area contributed by atoms with Gasteiger partial charge in [0.15, 0.2) is 0 Å². The lowest BCUT2D eigenvalue weighted by Gasteiger charge is -2.34. The van der Waals surface area contributed by atoms with Crippen LogP contribution in [-0.2, 0) is 21.0 Å². The molecule has 0 spiro atoms. The van der Waals surface area contributed by atoms with Crippen LogP contribution in [0.25, 0.3) is 0 Å². The maximum absolute atomic E-state index is 13.4. The molecule has 2 N–H and O–H groups in total. The van der Waals surface area contributed by atoms with Gasteiger partial charge in [0.25, 0.3) is 0 Å². The lowest BCUT2D eigenvalue weighted by atomic mass is 9.77. The number of carbonyl (C=O) groups is 1. The van der Waals surface area contributed by atoms with Gasteiger partial charge < -0.3 is 5.11 Å². The van der Waals surface area contributed by atoms with Gasteiger partial charge in [0.1, 0.15) is 0 Å². The van der Waals surface area contributed by atoms with Crippen LogP contribution in [-0.4, -0.2) is 31.1 Å². The quantitative estimate of drug-likeness (QED) is 0.623. The van der Waals surface area contributed by atoms with Crippen LogP contribution in [0.5, 0.6) is 0 Å². The molecule has 7 nitrogen and oxygen atoms in total. The zero-order valence-corrected chi connectivity index (χ0v) is 21.0. The van der Waals surface area contributed by atoms with Gasteiger partial charge >= 0.3 is 16.3 Å². The summed E-state index contributed by atoms with van der Waals surface area (Å²) in [4.78, 5) is 16.7. The fraction of sp³-hybridized carbons (Fsp3) is 0.500. The first-order chi connectivity index (χ1) is 14.6. The molecule has 0 bridgehead atoms. The number of pyridine rings is 1. The number of amides is 1. The zero-order valence-electron chi connectivity index (χ0n) is 20.2. The number of hydrogen-bond acceptors (Lipinski definition) is 4. The Morgan fingerprint density at radius 3 is 2.03 bits per heavy atom. The van der Waals surface area contributed by atoms with Gasteiger partial charge in [-0.1, -0.05) is 72.2 Å². The number of hydrogen-bond donors (Lipinski definition) is 2. The normalized spacial score (nSPS) is 13.6. The second-order valence-corrected chi connectivity index (χ2v) is 11.9. The second-order valence-electron chi connectivity index (χ2n) is 10.3. The highest BCUT2D eigenvalue weighted by Gasteiger charge is 2.38. The fourth-order valence-electron chi connectivity index (χ4n) is 3.53. The summed E-state index contributed by atoms with van der Waals surface area (Å²) in [5.41, 5.74) is 2.22. The number of carboxylic acid groups (broad SMARTS) is 1. The van der Waals surface area contributed by atoms with Gasteiger partial charge in [0.05, 0.1) is 5.69 Å². The summed E-state index contributed by atoms with van der Waals surface area (Å²) in [5.74, 6) is -0.233. The Labute approximate surface area is 192 Å². The van der Waals surface area contributed by atoms with E-state index < -0.39 is 27.1 Å². The molecular formula is C24H35N3O4S. The van der Waals surface area contributed by atoms with Crippen LogP contribution in [0, 0.1) is 6.92 Å². The third kappa shape index (κ3) is 5.86. The van der Waals surface area contributed by atoms with E-state index in [2.05, 4.69) is 9.71 Å². The maximum Gasteiger partial charge on any atom is 0.426 e. The molecular weight excluding hydrogens is 426 g/mol. The van der Waals surface area contributed by atoms with Crippen molar-refractivity contribution in [1.82, 2.24) is 9.71 Å². The van der Waals surface area contributed by atoms with Crippen molar-refractivity contribution in [2.75, 3.05) is 10.8 Å². The fourth-order valence-corrected chi connectivity index (χ4v) is 4.76. The number of anilines is 1. The van der Waals surface area contributed by atoms with Crippen molar-refractivity contribution in [3.8, 4) is 0 Å². The third-order valence-electron chi connectivity index (χ3n) is 5.25. The molecule has 0 aliphatic carbocycles. The molecule has 0 saturated carbocycles. The third-order valence-corrected chi connectivity index (χ3v) is 6.60. The lowest BCUT2D eigenvalue weighted by molar-refractivity contribution is 0.206. The van der Waals surface area contributed by atoms with Crippen LogP contribution >= 0.6 is 0 Å². The molecule has 1 heterocycles. The Bertz CT molecular complexity index is 1030. The number of rotatable bonds is 6. The van der Waals surface area contributed by atoms with Crippen molar-refractivity contribution >= 4 is 22.0 Å². The zero-order chi connectivity index (χ0) is 24.5. The van der Waals surface area contributed by atoms with E-state index in [0.29, 0.717) is 15.4 Å². The average Bonchev–Trinajstić information content (AvgIpc) is 2.65. The van der Waals surface area contributed by atoms with E-state index in [0.717, 1.165) is 11.3 Å². The van der Waals surface area contributed by atoms with Crippen molar-refractivity contribution in [3.05, 3.63) is 58.9 Å². The van der Waals surface area contributed by atoms with Crippen molar-refractivity contribution in [1.29, 1.82) is 0 Å². The number of aromatic nitrogens is 1. The van der Waals surface area contributed by atoms with Gasteiger partial charge in [-0.15, -0.1) is 0 Å². The standard InChI is InChI=1S/C24H35N3O4S/c1-16-13-18(23(3,4)5)21(19(14-16)24(6,7)8)27(22(28)29)32(30,31)26-15-17(2)20-11-9-10-12-25-20/h9-14,17,26H,15H2,1-8H3,(H,28,29). The molecule has 8 heteroatoms. The molecule has 0 aliphatic heterocycles. The predicted molar refractivity (Wildman–Crippen MR) is 129 cm³/mol. The highest BCUT2D eigenvalue weighted by Crippen LogP contribution is 2.42. The molecule has 0 saturated heterocycles. The summed E-state index contributed by atoms with van der Waals surface area (Å²) in [6.07, 6.45) is 0.0874. The molecule has 176 valence electrons. The Morgan fingerprint density at radius 2 is 1.62 bits per heavy atom. The van der Waals surface area contributed by atoms with E-state index in [-0.39, 0.29) is 18.2 Å². The summed E-state index contributed by atoms with van der Waals surface area (Å²) in [6.45, 7) is 15.5. The molecule has 1 aromatic heterocycles. The van der Waals surface area contributed by atoms with Crippen LogP contribution < -0.4 is 9.03 Å². The van der Waals surface area contributed by atoms with Gasteiger partial charge in [-0.25, -0.2) is 4.79 Å². The van der Waals surface area contributed by atoms with Crippen molar-refractivity contribution in [2.24, 2.45) is 0 Å². The highest BCUT2D eigenvalue weighted by atomic mass is 32.2. The highest BCUT2D eigenvalue weighted by molar-refractivity contribution is 7.91. The van der Waals surface area contributed by atoms with Gasteiger partial charge in [0, 0.05) is 24.4 Å². The summed E-state index contributed by atoms with van der Waals surface area (Å²) < 4.78 is 29.7. The van der Waals surface area contributed by atoms with E-state index in [1.165, 1.54) is 0 Å². The second kappa shape index (κ2) is 9.19. The van der Waals surface area contributed by atoms with Crippen LogP contribution in [0.1, 0.15) is 76.8 Å². The van der Waals surface area contributed by atoms with Crippen molar-refractivity contribution in [2.45, 2.75) is 72.1 Å². The molecule has 1 unspecified atom stereocenters. The Kier molecular flexibility index (Phi) is 7.41. The number of nitrogens with one attached hydrogen (secondary N) is 1. The monoisotopic (exact) mass is 461 g/mol. The lowest BCUT2D eigenvalue weighted by Crippen LogP contribution is -2.47. The molecule has 1 atom stereocenters. The molecule has 2 rings (SSSR count). The van der Waals surface area contributed by atoms with Crippen molar-refractivity contribution in [3.63, 3.8) is 0 Å². The van der Waals surface area contributed by atoms with E-state index in [1.807, 2.05) is 79.7 Å². The van der Waals surface area contributed by atoms with Gasteiger partial charge in [0.2, 0.25) is 0 Å². The predicted octanol–water partition coefficient (Wildman–Crippen LogP) is 5.11. The maximum atomic E-state index is 13.4. The Balaban J connectivity index is 2.62. The van der Waals surface area contributed by atoms with Gasteiger partial charge in [-0.05, 0) is 41.0 Å². The molecule has 0 fully saturated rings. The summed E-state index contributed by atoms with van der Waals surface area (Å²) in [7, 11) is -4.40. The first kappa shape index (κ1) is 25.8. The van der Waals surface area contributed by atoms with E-state index in [1.54, 1.807) is 12.3 Å². The summed E-state index contributed by atoms with van der Waals surface area (Å²) in [5, 5.41) is 10.1. The summed E-state index contributed by atoms with van der Waals surface area (Å²) >= 11 is 0. The Morgan fingerprint density at radius 1 is 1.09 bits per heavy atom. The van der Waals surface area contributed by atoms with Crippen LogP contribution in [0.4, 0.5) is 10.5 Å². The van der Waals surface area contributed by atoms with E-state index >= 15 is 0 Å². The van der Waals surface area contributed by atoms with Crippen LogP contribution in [0.3, 0.4) is 0 Å². The average molecular weight is 462 g/mol. The molecule has 32 heavy (non-hydrogen) atoms. The molecule has 0 aliphatic rings. The SMILES string of the molecule is Cc1cc(C(C)(C)C)c(N(C(=O)O)S(=O)(=O)NCC(C)c2ccccn2)c(C(C)(C)C)c1. The molecule has 0 radical (unpaired) electrons. The smallest absolute Gasteiger partial charge is 0.426 e. The van der Waals surface area contributed by atoms with Crippen molar-refractivity contribution < 1.29 is 18.3 Å². The first-order valence-corrected chi connectivity index (χ1v) is 12.1. The van der Waals surface area contributed by atoms with Gasteiger partial charge in [-0.3, -0.25) is 4.98 Å². The minimum absolute atomic E-state index is 0.0185. The molecule has 2 aromatic rings. The largest absolute Gasteiger partial charge is 0.464 e. The van der Waals surface area contributed by atoms with Crippen LogP contribution in [0.2, 0.25) is 0 Å². The number of aryl methyl sites for hydroxylation is 1. The number of benzene rings is 1. The van der Waals surface area contributed by atoms with E-state index in [4.69, 9.17) is 0 Å². The molecule has 1 aromatic carbocycles.